The third-order valence-corrected chi connectivity index (χ3v) is 5.06. The molecule has 10 heteroatoms. The number of thiazole rings is 1. The zero-order chi connectivity index (χ0) is 19.8. The number of carbonyl (C=O) groups excluding carboxylic acids is 2. The van der Waals surface area contributed by atoms with Crippen LogP contribution in [0.25, 0.3) is 21.3 Å². The van der Waals surface area contributed by atoms with Gasteiger partial charge in [0.1, 0.15) is 11.0 Å². The number of nitrogens with one attached hydrogen (secondary N) is 2. The van der Waals surface area contributed by atoms with Crippen molar-refractivity contribution in [2.24, 2.45) is 0 Å². The van der Waals surface area contributed by atoms with Crippen LogP contribution in [0.15, 0.2) is 63.8 Å². The van der Waals surface area contributed by atoms with Crippen LogP contribution in [0.5, 0.6) is 0 Å². The third-order valence-electron chi connectivity index (χ3n) is 4.13. The number of amides is 2. The predicted molar refractivity (Wildman–Crippen MR) is 106 cm³/mol. The number of anilines is 2. The summed E-state index contributed by atoms with van der Waals surface area (Å²) in [6.45, 7) is 0. The summed E-state index contributed by atoms with van der Waals surface area (Å²) >= 11 is 1.30. The van der Waals surface area contributed by atoms with E-state index in [1.165, 1.54) is 17.6 Å². The number of carbonyl (C=O) groups is 2. The Kier molecular flexibility index (Phi) is 4.03. The molecule has 0 radical (unpaired) electrons. The summed E-state index contributed by atoms with van der Waals surface area (Å²) in [4.78, 5) is 29.0. The second-order valence-electron chi connectivity index (χ2n) is 6.05. The first-order valence-corrected chi connectivity index (χ1v) is 9.26. The summed E-state index contributed by atoms with van der Waals surface area (Å²) < 4.78 is 10.5. The minimum Gasteiger partial charge on any atom is -0.459 e. The maximum atomic E-state index is 12.5. The van der Waals surface area contributed by atoms with E-state index in [4.69, 9.17) is 4.42 Å². The van der Waals surface area contributed by atoms with Crippen LogP contribution in [-0.2, 0) is 0 Å². The average Bonchev–Trinajstić information content (AvgIpc) is 3.46. The van der Waals surface area contributed by atoms with Crippen LogP contribution in [0.3, 0.4) is 0 Å². The number of aromatic nitrogens is 3. The molecule has 29 heavy (non-hydrogen) atoms. The van der Waals surface area contributed by atoms with Gasteiger partial charge in [-0.2, -0.15) is 0 Å². The van der Waals surface area contributed by atoms with Crippen molar-refractivity contribution >= 4 is 55.2 Å². The summed E-state index contributed by atoms with van der Waals surface area (Å²) in [6, 6.07) is 13.4. The van der Waals surface area contributed by atoms with E-state index in [1.807, 2.05) is 0 Å². The SMILES string of the molecule is O=C(Nc1ccc2nc(NC(=O)c3ccco3)sc2c1)c1ccc2nonc2c1. The summed E-state index contributed by atoms with van der Waals surface area (Å²) in [5.41, 5.74) is 2.83. The molecule has 9 nitrogen and oxygen atoms in total. The second-order valence-corrected chi connectivity index (χ2v) is 7.09. The van der Waals surface area contributed by atoms with Gasteiger partial charge >= 0.3 is 0 Å². The number of hydrogen-bond donors (Lipinski definition) is 2. The van der Waals surface area contributed by atoms with E-state index in [2.05, 4.69) is 30.6 Å². The molecule has 0 bridgehead atoms. The first-order chi connectivity index (χ1) is 14.2. The molecule has 3 aromatic heterocycles. The zero-order valence-electron chi connectivity index (χ0n) is 14.6. The predicted octanol–water partition coefficient (Wildman–Crippen LogP) is 3.93. The number of nitrogens with zero attached hydrogens (tertiary/aromatic N) is 3. The van der Waals surface area contributed by atoms with Crippen molar-refractivity contribution in [2.45, 2.75) is 0 Å². The van der Waals surface area contributed by atoms with E-state index in [1.54, 1.807) is 48.5 Å². The Morgan fingerprint density at radius 3 is 2.62 bits per heavy atom. The average molecular weight is 405 g/mol. The van der Waals surface area contributed by atoms with Gasteiger partial charge in [0.25, 0.3) is 11.8 Å². The van der Waals surface area contributed by atoms with E-state index >= 15 is 0 Å². The quantitative estimate of drug-likeness (QED) is 0.464. The molecule has 0 saturated carbocycles. The van der Waals surface area contributed by atoms with E-state index in [0.717, 1.165) is 4.70 Å². The first kappa shape index (κ1) is 17.1. The van der Waals surface area contributed by atoms with Crippen LogP contribution in [0, 0.1) is 0 Å². The zero-order valence-corrected chi connectivity index (χ0v) is 15.4. The maximum absolute atomic E-state index is 12.5. The molecule has 0 unspecified atom stereocenters. The molecule has 142 valence electrons. The lowest BCUT2D eigenvalue weighted by atomic mass is 10.2. The van der Waals surface area contributed by atoms with Crippen molar-refractivity contribution in [1.29, 1.82) is 0 Å². The third kappa shape index (κ3) is 3.32. The smallest absolute Gasteiger partial charge is 0.293 e. The van der Waals surface area contributed by atoms with Gasteiger partial charge in [0.15, 0.2) is 10.9 Å². The van der Waals surface area contributed by atoms with Crippen LogP contribution >= 0.6 is 11.3 Å². The normalized spacial score (nSPS) is 11.0. The summed E-state index contributed by atoms with van der Waals surface area (Å²) in [5, 5.41) is 13.4. The highest BCUT2D eigenvalue weighted by molar-refractivity contribution is 7.22. The molecule has 0 atom stereocenters. The minimum atomic E-state index is -0.375. The fourth-order valence-electron chi connectivity index (χ4n) is 2.75. The van der Waals surface area contributed by atoms with Gasteiger partial charge in [-0.25, -0.2) is 9.61 Å². The molecule has 5 aromatic rings. The van der Waals surface area contributed by atoms with E-state index in [9.17, 15) is 9.59 Å². The molecule has 5 rings (SSSR count). The van der Waals surface area contributed by atoms with Gasteiger partial charge in [0, 0.05) is 11.3 Å². The number of fused-ring (bicyclic) bond motifs is 2. The van der Waals surface area contributed by atoms with Gasteiger partial charge < -0.3 is 9.73 Å². The molecular weight excluding hydrogens is 394 g/mol. The Hall–Kier alpha value is -4.05. The molecule has 0 saturated heterocycles. The Labute approximate surface area is 166 Å². The maximum Gasteiger partial charge on any atom is 0.293 e. The number of furan rings is 1. The summed E-state index contributed by atoms with van der Waals surface area (Å²) in [7, 11) is 0. The molecule has 2 N–H and O–H groups in total. The number of hydrogen-bond acceptors (Lipinski definition) is 8. The Morgan fingerprint density at radius 1 is 0.897 bits per heavy atom. The topological polar surface area (TPSA) is 123 Å². The summed E-state index contributed by atoms with van der Waals surface area (Å²) in [5.74, 6) is -0.457. The fourth-order valence-corrected chi connectivity index (χ4v) is 3.65. The monoisotopic (exact) mass is 405 g/mol. The Morgan fingerprint density at radius 2 is 1.76 bits per heavy atom. The highest BCUT2D eigenvalue weighted by Gasteiger charge is 2.13. The minimum absolute atomic E-state index is 0.205. The molecule has 0 aliphatic heterocycles. The van der Waals surface area contributed by atoms with Crippen LogP contribution in [0.1, 0.15) is 20.9 Å². The molecule has 0 aliphatic carbocycles. The lowest BCUT2D eigenvalue weighted by Gasteiger charge is -2.04. The van der Waals surface area contributed by atoms with Gasteiger partial charge in [-0.1, -0.05) is 11.3 Å². The van der Waals surface area contributed by atoms with E-state index in [0.29, 0.717) is 32.9 Å². The lowest BCUT2D eigenvalue weighted by molar-refractivity contribution is 0.0994. The molecular formula is C19H11N5O4S. The molecule has 0 aliphatic rings. The number of benzene rings is 2. The van der Waals surface area contributed by atoms with E-state index in [-0.39, 0.29) is 17.6 Å². The van der Waals surface area contributed by atoms with Crippen molar-refractivity contribution in [1.82, 2.24) is 15.3 Å². The fraction of sp³-hybridized carbons (Fsp3) is 0. The van der Waals surface area contributed by atoms with Crippen LogP contribution in [0.2, 0.25) is 0 Å². The van der Waals surface area contributed by atoms with E-state index < -0.39 is 0 Å². The van der Waals surface area contributed by atoms with Gasteiger partial charge in [0.05, 0.1) is 16.5 Å². The van der Waals surface area contributed by atoms with Crippen molar-refractivity contribution < 1.29 is 18.6 Å². The molecule has 2 amide bonds. The van der Waals surface area contributed by atoms with Crippen molar-refractivity contribution in [3.8, 4) is 0 Å². The van der Waals surface area contributed by atoms with Crippen molar-refractivity contribution in [3.05, 3.63) is 66.1 Å². The highest BCUT2D eigenvalue weighted by Crippen LogP contribution is 2.29. The Balaban J connectivity index is 1.35. The number of rotatable bonds is 4. The van der Waals surface area contributed by atoms with Gasteiger partial charge in [0.2, 0.25) is 0 Å². The summed E-state index contributed by atoms with van der Waals surface area (Å²) in [6.07, 6.45) is 1.43. The van der Waals surface area contributed by atoms with Gasteiger partial charge in [-0.15, -0.1) is 0 Å². The van der Waals surface area contributed by atoms with Crippen LogP contribution < -0.4 is 10.6 Å². The van der Waals surface area contributed by atoms with Crippen molar-refractivity contribution in [3.63, 3.8) is 0 Å². The highest BCUT2D eigenvalue weighted by atomic mass is 32.1. The molecule has 0 spiro atoms. The second kappa shape index (κ2) is 6.84. The van der Waals surface area contributed by atoms with Gasteiger partial charge in [-0.3, -0.25) is 14.9 Å². The molecule has 2 aromatic carbocycles. The largest absolute Gasteiger partial charge is 0.459 e. The van der Waals surface area contributed by atoms with Crippen LogP contribution in [-0.4, -0.2) is 27.1 Å². The standard InChI is InChI=1S/C19H11N5O4S/c25-17(10-3-5-12-14(8-10)24-28-23-12)20-11-4-6-13-16(9-11)29-19(21-13)22-18(26)15-2-1-7-27-15/h1-9H,(H,20,25)(H,21,22,26). The molecule has 0 fully saturated rings. The first-order valence-electron chi connectivity index (χ1n) is 8.45. The Bertz CT molecular complexity index is 1360. The van der Waals surface area contributed by atoms with Crippen LogP contribution in [0.4, 0.5) is 10.8 Å². The van der Waals surface area contributed by atoms with Gasteiger partial charge in [-0.05, 0) is 58.8 Å². The van der Waals surface area contributed by atoms with Crippen molar-refractivity contribution in [2.75, 3.05) is 10.6 Å². The lowest BCUT2D eigenvalue weighted by Crippen LogP contribution is -2.11. The molecule has 3 heterocycles.